The average molecular weight is 450 g/mol. The summed E-state index contributed by atoms with van der Waals surface area (Å²) in [5.74, 6) is -2.17. The average Bonchev–Trinajstić information content (AvgIpc) is 3.09. The Morgan fingerprint density at radius 3 is 2.45 bits per heavy atom. The van der Waals surface area contributed by atoms with Crippen LogP contribution in [-0.2, 0) is 11.0 Å². The minimum absolute atomic E-state index is 0.00398. The zero-order valence-corrected chi connectivity index (χ0v) is 15.9. The molecule has 7 nitrogen and oxygen atoms in total. The number of rotatable bonds is 6. The summed E-state index contributed by atoms with van der Waals surface area (Å²) >= 11 is 0. The fourth-order valence-electron chi connectivity index (χ4n) is 3.11. The van der Waals surface area contributed by atoms with Gasteiger partial charge in [0.15, 0.2) is 5.82 Å². The number of alkyl halides is 6. The second kappa shape index (κ2) is 8.21. The van der Waals surface area contributed by atoms with E-state index in [2.05, 4.69) is 10.1 Å². The first-order valence-corrected chi connectivity index (χ1v) is 8.77. The lowest BCUT2D eigenvalue weighted by Crippen LogP contribution is -2.51. The number of hydrogen-bond donors (Lipinski definition) is 1. The van der Waals surface area contributed by atoms with E-state index in [0.717, 1.165) is 34.2 Å². The lowest BCUT2D eigenvalue weighted by Gasteiger charge is -2.39. The summed E-state index contributed by atoms with van der Waals surface area (Å²) in [6, 6.07) is 2.93. The van der Waals surface area contributed by atoms with Crippen molar-refractivity contribution in [3.05, 3.63) is 35.7 Å². The molecule has 0 radical (unpaired) electrons. The van der Waals surface area contributed by atoms with E-state index in [1.165, 1.54) is 13.2 Å². The van der Waals surface area contributed by atoms with E-state index >= 15 is 0 Å². The molecule has 168 valence electrons. The van der Waals surface area contributed by atoms with Gasteiger partial charge >= 0.3 is 18.3 Å². The number of carbonyl (C=O) groups is 1. The number of likely N-dealkylation sites (tertiary alicyclic amines) is 1. The summed E-state index contributed by atoms with van der Waals surface area (Å²) in [4.78, 5) is 16.5. The van der Waals surface area contributed by atoms with Gasteiger partial charge in [0, 0.05) is 30.8 Å². The van der Waals surface area contributed by atoms with Gasteiger partial charge in [-0.3, -0.25) is 4.90 Å². The van der Waals surface area contributed by atoms with Gasteiger partial charge in [0.25, 0.3) is 0 Å². The molecular formula is C18H16F6N4O3. The van der Waals surface area contributed by atoms with Crippen molar-refractivity contribution in [3.63, 3.8) is 0 Å². The highest BCUT2D eigenvalue weighted by Gasteiger charge is 2.39. The van der Waals surface area contributed by atoms with Crippen molar-refractivity contribution >= 4 is 12.2 Å². The second-order valence-electron chi connectivity index (χ2n) is 6.89. The Balaban J connectivity index is 1.83. The molecule has 0 aliphatic carbocycles. The second-order valence-corrected chi connectivity index (χ2v) is 6.89. The smallest absolute Gasteiger partial charge is 0.416 e. The predicted molar refractivity (Wildman–Crippen MR) is 94.9 cm³/mol. The van der Waals surface area contributed by atoms with E-state index in [-0.39, 0.29) is 35.8 Å². The van der Waals surface area contributed by atoms with Crippen LogP contribution in [0.25, 0.3) is 17.6 Å². The normalized spacial score (nSPS) is 16.3. The first-order chi connectivity index (χ1) is 14.4. The number of hydrogen-bond acceptors (Lipinski definition) is 5. The summed E-state index contributed by atoms with van der Waals surface area (Å²) in [6.45, 7) is -1.32. The SMILES string of the molecule is COc1cc(-c2ncn(/C=C(\C(=O)O)C3CN(CC(F)(F)F)C3)n2)cc(C(F)(F)F)c1. The Labute approximate surface area is 171 Å². The topological polar surface area (TPSA) is 80.5 Å². The van der Waals surface area contributed by atoms with Crippen LogP contribution in [0, 0.1) is 5.92 Å². The van der Waals surface area contributed by atoms with Crippen LogP contribution in [0.4, 0.5) is 26.3 Å². The third kappa shape index (κ3) is 5.54. The summed E-state index contributed by atoms with van der Waals surface area (Å²) < 4.78 is 82.3. The quantitative estimate of drug-likeness (QED) is 0.537. The molecular weight excluding hydrogens is 434 g/mol. The van der Waals surface area contributed by atoms with Gasteiger partial charge in [0.1, 0.15) is 12.1 Å². The van der Waals surface area contributed by atoms with E-state index in [0.29, 0.717) is 0 Å². The van der Waals surface area contributed by atoms with Crippen LogP contribution >= 0.6 is 0 Å². The number of halogens is 6. The van der Waals surface area contributed by atoms with Crippen LogP contribution in [0.1, 0.15) is 5.56 Å². The number of nitrogens with zero attached hydrogens (tertiary/aromatic N) is 4. The highest BCUT2D eigenvalue weighted by atomic mass is 19.4. The molecule has 13 heteroatoms. The molecule has 0 unspecified atom stereocenters. The standard InChI is InChI=1S/C18H16F6N4O3/c1-31-13-3-10(2-12(4-13)18(22,23)24)15-25-9-28(26-15)7-14(16(29)30)11-5-27(6-11)8-17(19,20)21/h2-4,7,9,11H,5-6,8H2,1H3,(H,29,30)/b14-7-. The molecule has 1 N–H and O–H groups in total. The fraction of sp³-hybridized carbons (Fsp3) is 0.389. The first kappa shape index (κ1) is 22.6. The molecule has 0 amide bonds. The van der Waals surface area contributed by atoms with Crippen LogP contribution in [0.3, 0.4) is 0 Å². The number of aliphatic carboxylic acids is 1. The van der Waals surface area contributed by atoms with Gasteiger partial charge in [-0.15, -0.1) is 5.10 Å². The Morgan fingerprint density at radius 1 is 1.23 bits per heavy atom. The van der Waals surface area contributed by atoms with Gasteiger partial charge in [-0.2, -0.15) is 26.3 Å². The lowest BCUT2D eigenvalue weighted by atomic mass is 9.91. The summed E-state index contributed by atoms with van der Waals surface area (Å²) in [5, 5.41) is 13.4. The van der Waals surface area contributed by atoms with Gasteiger partial charge in [-0.05, 0) is 18.2 Å². The zero-order valence-electron chi connectivity index (χ0n) is 15.9. The van der Waals surface area contributed by atoms with E-state index < -0.39 is 36.3 Å². The Morgan fingerprint density at radius 2 is 1.90 bits per heavy atom. The number of ether oxygens (including phenoxy) is 1. The molecule has 2 aromatic rings. The largest absolute Gasteiger partial charge is 0.497 e. The van der Waals surface area contributed by atoms with Crippen molar-refractivity contribution in [2.75, 3.05) is 26.7 Å². The molecule has 1 aromatic carbocycles. The molecule has 1 saturated heterocycles. The molecule has 0 spiro atoms. The van der Waals surface area contributed by atoms with Gasteiger partial charge in [-0.25, -0.2) is 14.5 Å². The fourth-order valence-corrected chi connectivity index (χ4v) is 3.11. The molecule has 31 heavy (non-hydrogen) atoms. The van der Waals surface area contributed by atoms with Gasteiger partial charge in [0.05, 0.1) is 24.8 Å². The van der Waals surface area contributed by atoms with Gasteiger partial charge in [0.2, 0.25) is 0 Å². The van der Waals surface area contributed by atoms with E-state index in [4.69, 9.17) is 4.74 Å². The molecule has 2 heterocycles. The van der Waals surface area contributed by atoms with Gasteiger partial charge in [-0.1, -0.05) is 0 Å². The number of benzene rings is 1. The number of methoxy groups -OCH3 is 1. The van der Waals surface area contributed by atoms with Crippen molar-refractivity contribution in [3.8, 4) is 17.1 Å². The summed E-state index contributed by atoms with van der Waals surface area (Å²) in [6.07, 6.45) is -6.84. The third-order valence-electron chi connectivity index (χ3n) is 4.55. The maximum absolute atomic E-state index is 13.1. The molecule has 0 bridgehead atoms. The van der Waals surface area contributed by atoms with Crippen LogP contribution in [-0.4, -0.2) is 63.7 Å². The first-order valence-electron chi connectivity index (χ1n) is 8.77. The molecule has 1 fully saturated rings. The molecule has 1 aliphatic rings. The van der Waals surface area contributed by atoms with E-state index in [1.807, 2.05) is 0 Å². The van der Waals surface area contributed by atoms with Crippen LogP contribution in [0.5, 0.6) is 5.75 Å². The summed E-state index contributed by atoms with van der Waals surface area (Å²) in [5.41, 5.74) is -1.16. The Hall–Kier alpha value is -3.09. The highest BCUT2D eigenvalue weighted by Crippen LogP contribution is 2.35. The van der Waals surface area contributed by atoms with Gasteiger partial charge < -0.3 is 9.84 Å². The van der Waals surface area contributed by atoms with Crippen molar-refractivity contribution in [1.29, 1.82) is 0 Å². The monoisotopic (exact) mass is 450 g/mol. The van der Waals surface area contributed by atoms with Crippen molar-refractivity contribution in [1.82, 2.24) is 19.7 Å². The Bertz CT molecular complexity index is 993. The number of carboxylic acid groups (broad SMARTS) is 1. The van der Waals surface area contributed by atoms with Crippen LogP contribution < -0.4 is 4.74 Å². The van der Waals surface area contributed by atoms with Crippen molar-refractivity contribution in [2.24, 2.45) is 5.92 Å². The van der Waals surface area contributed by atoms with Crippen molar-refractivity contribution in [2.45, 2.75) is 12.4 Å². The van der Waals surface area contributed by atoms with Crippen LogP contribution in [0.15, 0.2) is 30.1 Å². The molecule has 0 saturated carbocycles. The minimum Gasteiger partial charge on any atom is -0.497 e. The number of carboxylic acids is 1. The number of aromatic nitrogens is 3. The Kier molecular flexibility index (Phi) is 5.98. The molecule has 1 aliphatic heterocycles. The van der Waals surface area contributed by atoms with E-state index in [1.54, 1.807) is 0 Å². The van der Waals surface area contributed by atoms with E-state index in [9.17, 15) is 36.2 Å². The van der Waals surface area contributed by atoms with Crippen LogP contribution in [0.2, 0.25) is 0 Å². The molecule has 3 rings (SSSR count). The lowest BCUT2D eigenvalue weighted by molar-refractivity contribution is -0.157. The van der Waals surface area contributed by atoms with Crippen molar-refractivity contribution < 1.29 is 41.0 Å². The highest BCUT2D eigenvalue weighted by molar-refractivity contribution is 5.91. The maximum Gasteiger partial charge on any atom is 0.416 e. The maximum atomic E-state index is 13.1. The summed E-state index contributed by atoms with van der Waals surface area (Å²) in [7, 11) is 1.20. The molecule has 1 aromatic heterocycles. The third-order valence-corrected chi connectivity index (χ3v) is 4.55. The predicted octanol–water partition coefficient (Wildman–Crippen LogP) is 3.39. The molecule has 0 atom stereocenters. The minimum atomic E-state index is -4.63. The zero-order chi connectivity index (χ0) is 23.0.